The Kier molecular flexibility index (Phi) is 5.13. The second-order valence-corrected chi connectivity index (χ2v) is 7.18. The number of nitrogens with one attached hydrogen (secondary N) is 1. The molecule has 4 rings (SSSR count). The standard InChI is InChI=1S/C23H20ClN3O/c1-27-21-11-3-2-10-20(21)26-22(27)13-12-16-6-4-9-19(14-16)25-23(28)17-7-5-8-18(24)15-17/h2-11,14-15H,12-13H2,1H3,(H,25,28). The van der Waals surface area contributed by atoms with Crippen LogP contribution in [0.4, 0.5) is 5.69 Å². The van der Waals surface area contributed by atoms with Crippen LogP contribution in [0.2, 0.25) is 5.02 Å². The summed E-state index contributed by atoms with van der Waals surface area (Å²) in [5.74, 6) is 0.879. The highest BCUT2D eigenvalue weighted by molar-refractivity contribution is 6.31. The predicted molar refractivity (Wildman–Crippen MR) is 114 cm³/mol. The fraction of sp³-hybridized carbons (Fsp3) is 0.130. The van der Waals surface area contributed by atoms with Crippen molar-refractivity contribution >= 4 is 34.2 Å². The minimum Gasteiger partial charge on any atom is -0.331 e. The minimum absolute atomic E-state index is 0.171. The van der Waals surface area contributed by atoms with Gasteiger partial charge in [-0.25, -0.2) is 4.98 Å². The number of aromatic nitrogens is 2. The summed E-state index contributed by atoms with van der Waals surface area (Å²) in [7, 11) is 2.05. The van der Waals surface area contributed by atoms with Crippen LogP contribution in [-0.4, -0.2) is 15.5 Å². The van der Waals surface area contributed by atoms with Crippen LogP contribution < -0.4 is 5.32 Å². The molecule has 4 aromatic rings. The van der Waals surface area contributed by atoms with E-state index in [9.17, 15) is 4.79 Å². The third-order valence-corrected chi connectivity index (χ3v) is 5.02. The molecule has 1 N–H and O–H groups in total. The quantitative estimate of drug-likeness (QED) is 0.505. The van der Waals surface area contributed by atoms with Gasteiger partial charge in [0.05, 0.1) is 11.0 Å². The normalized spacial score (nSPS) is 10.9. The number of amides is 1. The highest BCUT2D eigenvalue weighted by Gasteiger charge is 2.09. The molecule has 1 amide bonds. The second kappa shape index (κ2) is 7.87. The Labute approximate surface area is 168 Å². The van der Waals surface area contributed by atoms with Crippen molar-refractivity contribution in [3.05, 3.63) is 94.8 Å². The Bertz CT molecular complexity index is 1150. The molecule has 3 aromatic carbocycles. The van der Waals surface area contributed by atoms with E-state index in [0.717, 1.165) is 41.0 Å². The smallest absolute Gasteiger partial charge is 0.255 e. The predicted octanol–water partition coefficient (Wildman–Crippen LogP) is 5.26. The first-order valence-electron chi connectivity index (χ1n) is 9.16. The molecule has 0 fully saturated rings. The number of hydrogen-bond acceptors (Lipinski definition) is 2. The lowest BCUT2D eigenvalue weighted by Gasteiger charge is -2.08. The maximum absolute atomic E-state index is 12.4. The molecule has 5 heteroatoms. The monoisotopic (exact) mass is 389 g/mol. The zero-order valence-electron chi connectivity index (χ0n) is 15.5. The van der Waals surface area contributed by atoms with E-state index in [4.69, 9.17) is 16.6 Å². The molecular weight excluding hydrogens is 370 g/mol. The third-order valence-electron chi connectivity index (χ3n) is 4.79. The number of carbonyl (C=O) groups is 1. The van der Waals surface area contributed by atoms with Gasteiger partial charge in [0.2, 0.25) is 0 Å². The number of hydrogen-bond donors (Lipinski definition) is 1. The molecular formula is C23H20ClN3O. The van der Waals surface area contributed by atoms with Crippen LogP contribution in [0, 0.1) is 0 Å². The van der Waals surface area contributed by atoms with Gasteiger partial charge in [-0.05, 0) is 54.4 Å². The van der Waals surface area contributed by atoms with E-state index >= 15 is 0 Å². The first-order valence-corrected chi connectivity index (χ1v) is 9.54. The number of benzene rings is 3. The van der Waals surface area contributed by atoms with Crippen LogP contribution >= 0.6 is 11.6 Å². The van der Waals surface area contributed by atoms with Gasteiger partial charge in [-0.3, -0.25) is 4.79 Å². The Morgan fingerprint density at radius 3 is 2.64 bits per heavy atom. The average Bonchev–Trinajstić information content (AvgIpc) is 3.03. The number of fused-ring (bicyclic) bond motifs is 1. The Morgan fingerprint density at radius 2 is 1.82 bits per heavy atom. The maximum atomic E-state index is 12.4. The SMILES string of the molecule is Cn1c(CCc2cccc(NC(=O)c3cccc(Cl)c3)c2)nc2ccccc21. The van der Waals surface area contributed by atoms with Crippen molar-refractivity contribution in [1.82, 2.24) is 9.55 Å². The van der Waals surface area contributed by atoms with E-state index in [0.29, 0.717) is 10.6 Å². The van der Waals surface area contributed by atoms with Crippen molar-refractivity contribution in [1.29, 1.82) is 0 Å². The molecule has 0 aliphatic rings. The summed E-state index contributed by atoms with van der Waals surface area (Å²) >= 11 is 5.97. The number of aryl methyl sites for hydroxylation is 3. The van der Waals surface area contributed by atoms with Crippen molar-refractivity contribution in [3.8, 4) is 0 Å². The molecule has 0 atom stereocenters. The minimum atomic E-state index is -0.171. The lowest BCUT2D eigenvalue weighted by Crippen LogP contribution is -2.12. The number of halogens is 1. The summed E-state index contributed by atoms with van der Waals surface area (Å²) < 4.78 is 2.14. The molecule has 140 valence electrons. The van der Waals surface area contributed by atoms with Gasteiger partial charge in [0.15, 0.2) is 0 Å². The van der Waals surface area contributed by atoms with E-state index in [-0.39, 0.29) is 5.91 Å². The van der Waals surface area contributed by atoms with E-state index < -0.39 is 0 Å². The lowest BCUT2D eigenvalue weighted by molar-refractivity contribution is 0.102. The number of anilines is 1. The van der Waals surface area contributed by atoms with Crippen molar-refractivity contribution < 1.29 is 4.79 Å². The largest absolute Gasteiger partial charge is 0.331 e. The maximum Gasteiger partial charge on any atom is 0.255 e. The molecule has 0 saturated carbocycles. The van der Waals surface area contributed by atoms with Gasteiger partial charge >= 0.3 is 0 Å². The van der Waals surface area contributed by atoms with Crippen LogP contribution in [-0.2, 0) is 19.9 Å². The number of imidazole rings is 1. The highest BCUT2D eigenvalue weighted by Crippen LogP contribution is 2.18. The molecule has 0 aliphatic heterocycles. The molecule has 0 spiro atoms. The summed E-state index contributed by atoms with van der Waals surface area (Å²) in [4.78, 5) is 17.1. The van der Waals surface area contributed by atoms with Crippen LogP contribution in [0.15, 0.2) is 72.8 Å². The van der Waals surface area contributed by atoms with E-state index in [2.05, 4.69) is 22.0 Å². The first kappa shape index (κ1) is 18.3. The second-order valence-electron chi connectivity index (χ2n) is 6.74. The van der Waals surface area contributed by atoms with Gasteiger partial charge in [0.1, 0.15) is 5.82 Å². The van der Waals surface area contributed by atoms with Crippen molar-refractivity contribution in [2.24, 2.45) is 7.05 Å². The summed E-state index contributed by atoms with van der Waals surface area (Å²) in [6, 6.07) is 23.0. The zero-order valence-corrected chi connectivity index (χ0v) is 16.3. The van der Waals surface area contributed by atoms with Gasteiger partial charge in [-0.2, -0.15) is 0 Å². The Balaban J connectivity index is 1.46. The highest BCUT2D eigenvalue weighted by atomic mass is 35.5. The summed E-state index contributed by atoms with van der Waals surface area (Å²) in [6.07, 6.45) is 1.68. The van der Waals surface area contributed by atoms with Crippen LogP contribution in [0.3, 0.4) is 0 Å². The molecule has 0 bridgehead atoms. The summed E-state index contributed by atoms with van der Waals surface area (Å²) in [6.45, 7) is 0. The van der Waals surface area contributed by atoms with Gasteiger partial charge in [0.25, 0.3) is 5.91 Å². The number of nitrogens with zero attached hydrogens (tertiary/aromatic N) is 2. The Morgan fingerprint density at radius 1 is 1.00 bits per heavy atom. The van der Waals surface area contributed by atoms with Crippen molar-refractivity contribution in [2.45, 2.75) is 12.8 Å². The number of rotatable bonds is 5. The fourth-order valence-corrected chi connectivity index (χ4v) is 3.50. The van der Waals surface area contributed by atoms with E-state index in [1.54, 1.807) is 24.3 Å². The topological polar surface area (TPSA) is 46.9 Å². The fourth-order valence-electron chi connectivity index (χ4n) is 3.31. The van der Waals surface area contributed by atoms with Crippen LogP contribution in [0.25, 0.3) is 11.0 Å². The van der Waals surface area contributed by atoms with Crippen LogP contribution in [0.1, 0.15) is 21.7 Å². The molecule has 1 heterocycles. The molecule has 0 unspecified atom stereocenters. The first-order chi connectivity index (χ1) is 13.6. The molecule has 0 radical (unpaired) electrons. The van der Waals surface area contributed by atoms with Gasteiger partial charge in [-0.1, -0.05) is 41.9 Å². The van der Waals surface area contributed by atoms with Gasteiger partial charge in [0, 0.05) is 29.7 Å². The molecule has 0 aliphatic carbocycles. The molecule has 4 nitrogen and oxygen atoms in total. The molecule has 28 heavy (non-hydrogen) atoms. The van der Waals surface area contributed by atoms with E-state index in [1.807, 2.05) is 43.4 Å². The van der Waals surface area contributed by atoms with Gasteiger partial charge in [-0.15, -0.1) is 0 Å². The van der Waals surface area contributed by atoms with Crippen molar-refractivity contribution in [3.63, 3.8) is 0 Å². The zero-order chi connectivity index (χ0) is 19.5. The summed E-state index contributed by atoms with van der Waals surface area (Å²) in [5, 5.41) is 3.48. The average molecular weight is 390 g/mol. The van der Waals surface area contributed by atoms with Gasteiger partial charge < -0.3 is 9.88 Å². The number of para-hydroxylation sites is 2. The van der Waals surface area contributed by atoms with E-state index in [1.165, 1.54) is 0 Å². The third kappa shape index (κ3) is 3.92. The summed E-state index contributed by atoms with van der Waals surface area (Å²) in [5.41, 5.74) is 4.61. The van der Waals surface area contributed by atoms with Crippen molar-refractivity contribution in [2.75, 3.05) is 5.32 Å². The molecule has 1 aromatic heterocycles. The lowest BCUT2D eigenvalue weighted by atomic mass is 10.1. The Hall–Kier alpha value is -3.11. The number of carbonyl (C=O) groups excluding carboxylic acids is 1. The molecule has 0 saturated heterocycles. The van der Waals surface area contributed by atoms with Crippen LogP contribution in [0.5, 0.6) is 0 Å².